The highest BCUT2D eigenvalue weighted by Crippen LogP contribution is 2.10. The standard InChI is InChI=1S/C19H29NO3/c1-2-3-4-5-6-7-8-9-10-18(22)20-19(23)17-13-11-16(15-21)12-14-17/h11-15,18,22H,2-10H2,1H3,(H,20,23). The Morgan fingerprint density at radius 1 is 1.04 bits per heavy atom. The molecule has 4 nitrogen and oxygen atoms in total. The molecule has 0 fully saturated rings. The minimum atomic E-state index is -0.812. The Kier molecular flexibility index (Phi) is 9.96. The second-order valence-corrected chi connectivity index (χ2v) is 5.99. The fourth-order valence-corrected chi connectivity index (χ4v) is 2.49. The van der Waals surface area contributed by atoms with E-state index in [4.69, 9.17) is 0 Å². The van der Waals surface area contributed by atoms with Crippen molar-refractivity contribution in [3.8, 4) is 0 Å². The molecule has 4 heteroatoms. The van der Waals surface area contributed by atoms with Gasteiger partial charge in [-0.25, -0.2) is 0 Å². The number of benzene rings is 1. The summed E-state index contributed by atoms with van der Waals surface area (Å²) in [5, 5.41) is 12.4. The van der Waals surface area contributed by atoms with E-state index in [0.29, 0.717) is 17.5 Å². The molecule has 1 rings (SSSR count). The minimum absolute atomic E-state index is 0.311. The van der Waals surface area contributed by atoms with E-state index in [1.54, 1.807) is 24.3 Å². The highest BCUT2D eigenvalue weighted by Gasteiger charge is 2.10. The first-order valence-electron chi connectivity index (χ1n) is 8.71. The number of carbonyl (C=O) groups is 2. The van der Waals surface area contributed by atoms with Gasteiger partial charge >= 0.3 is 0 Å². The predicted molar refractivity (Wildman–Crippen MR) is 92.5 cm³/mol. The van der Waals surface area contributed by atoms with Gasteiger partial charge in [-0.3, -0.25) is 9.59 Å². The molecule has 0 radical (unpaired) electrons. The highest BCUT2D eigenvalue weighted by atomic mass is 16.3. The number of aldehydes is 1. The molecule has 1 aromatic rings. The van der Waals surface area contributed by atoms with Crippen LogP contribution in [0.2, 0.25) is 0 Å². The van der Waals surface area contributed by atoms with Crippen molar-refractivity contribution < 1.29 is 14.7 Å². The first-order valence-corrected chi connectivity index (χ1v) is 8.71. The Balaban J connectivity index is 2.14. The lowest BCUT2D eigenvalue weighted by Crippen LogP contribution is -2.34. The van der Waals surface area contributed by atoms with Gasteiger partial charge in [0.15, 0.2) is 0 Å². The van der Waals surface area contributed by atoms with Crippen molar-refractivity contribution in [2.45, 2.75) is 70.9 Å². The Hall–Kier alpha value is -1.68. The van der Waals surface area contributed by atoms with Crippen LogP contribution in [0.4, 0.5) is 0 Å². The van der Waals surface area contributed by atoms with Gasteiger partial charge in [0.25, 0.3) is 5.91 Å². The molecule has 1 atom stereocenters. The summed E-state index contributed by atoms with van der Waals surface area (Å²) in [5.41, 5.74) is 0.978. The van der Waals surface area contributed by atoms with Crippen LogP contribution in [0.25, 0.3) is 0 Å². The predicted octanol–water partition coefficient (Wildman–Crippen LogP) is 4.08. The Labute approximate surface area is 139 Å². The molecule has 0 aliphatic rings. The molecule has 0 aliphatic carbocycles. The normalized spacial score (nSPS) is 11.9. The van der Waals surface area contributed by atoms with Crippen molar-refractivity contribution in [3.05, 3.63) is 35.4 Å². The van der Waals surface area contributed by atoms with Crippen molar-refractivity contribution in [3.63, 3.8) is 0 Å². The minimum Gasteiger partial charge on any atom is -0.374 e. The maximum absolute atomic E-state index is 11.9. The molecule has 0 spiro atoms. The van der Waals surface area contributed by atoms with Crippen LogP contribution in [0.5, 0.6) is 0 Å². The van der Waals surface area contributed by atoms with Gasteiger partial charge in [0.1, 0.15) is 12.5 Å². The second kappa shape index (κ2) is 11.8. The van der Waals surface area contributed by atoms with Crippen molar-refractivity contribution in [2.24, 2.45) is 0 Å². The summed E-state index contributed by atoms with van der Waals surface area (Å²) in [6.45, 7) is 2.21. The summed E-state index contributed by atoms with van der Waals surface area (Å²) in [6, 6.07) is 6.35. The summed E-state index contributed by atoms with van der Waals surface area (Å²) in [6.07, 6.45) is 10.2. The van der Waals surface area contributed by atoms with E-state index >= 15 is 0 Å². The van der Waals surface area contributed by atoms with E-state index in [1.165, 1.54) is 38.5 Å². The first-order chi connectivity index (χ1) is 11.2. The highest BCUT2D eigenvalue weighted by molar-refractivity contribution is 5.94. The van der Waals surface area contributed by atoms with Gasteiger partial charge in [0.05, 0.1) is 0 Å². The van der Waals surface area contributed by atoms with E-state index in [0.717, 1.165) is 19.1 Å². The Morgan fingerprint density at radius 2 is 1.61 bits per heavy atom. The molecule has 0 bridgehead atoms. The fraction of sp³-hybridized carbons (Fsp3) is 0.579. The molecule has 2 N–H and O–H groups in total. The van der Waals surface area contributed by atoms with Crippen LogP contribution in [-0.2, 0) is 0 Å². The molecular weight excluding hydrogens is 290 g/mol. The zero-order chi connectivity index (χ0) is 16.9. The number of aliphatic hydroxyl groups excluding tert-OH is 1. The van der Waals surface area contributed by atoms with Crippen LogP contribution in [0, 0.1) is 0 Å². The van der Waals surface area contributed by atoms with Crippen molar-refractivity contribution in [1.82, 2.24) is 5.32 Å². The third kappa shape index (κ3) is 8.50. The molecule has 0 aliphatic heterocycles. The van der Waals surface area contributed by atoms with Gasteiger partial charge in [-0.1, -0.05) is 64.0 Å². The lowest BCUT2D eigenvalue weighted by atomic mass is 10.1. The van der Waals surface area contributed by atoms with Crippen LogP contribution >= 0.6 is 0 Å². The zero-order valence-corrected chi connectivity index (χ0v) is 14.1. The number of unbranched alkanes of at least 4 members (excludes halogenated alkanes) is 7. The maximum Gasteiger partial charge on any atom is 0.253 e. The third-order valence-electron chi connectivity index (χ3n) is 3.94. The number of aliphatic hydroxyl groups is 1. The van der Waals surface area contributed by atoms with Crippen LogP contribution in [0.1, 0.15) is 85.4 Å². The molecule has 0 heterocycles. The lowest BCUT2D eigenvalue weighted by molar-refractivity contribution is 0.0757. The molecule has 23 heavy (non-hydrogen) atoms. The van der Waals surface area contributed by atoms with Gasteiger partial charge in [-0.05, 0) is 25.0 Å². The van der Waals surface area contributed by atoms with Crippen LogP contribution in [-0.4, -0.2) is 23.5 Å². The van der Waals surface area contributed by atoms with E-state index in [9.17, 15) is 14.7 Å². The number of rotatable bonds is 12. The summed E-state index contributed by atoms with van der Waals surface area (Å²) in [7, 11) is 0. The number of hydrogen-bond donors (Lipinski definition) is 2. The van der Waals surface area contributed by atoms with Gasteiger partial charge in [0, 0.05) is 11.1 Å². The fourth-order valence-electron chi connectivity index (χ4n) is 2.49. The van der Waals surface area contributed by atoms with E-state index < -0.39 is 6.23 Å². The van der Waals surface area contributed by atoms with E-state index in [2.05, 4.69) is 12.2 Å². The van der Waals surface area contributed by atoms with Crippen molar-refractivity contribution in [1.29, 1.82) is 0 Å². The summed E-state index contributed by atoms with van der Waals surface area (Å²) in [5.74, 6) is -0.311. The monoisotopic (exact) mass is 319 g/mol. The number of amides is 1. The molecule has 1 aromatic carbocycles. The first kappa shape index (κ1) is 19.4. The lowest BCUT2D eigenvalue weighted by Gasteiger charge is -2.13. The van der Waals surface area contributed by atoms with E-state index in [-0.39, 0.29) is 5.91 Å². The quantitative estimate of drug-likeness (QED) is 0.346. The average molecular weight is 319 g/mol. The summed E-state index contributed by atoms with van der Waals surface area (Å²) >= 11 is 0. The SMILES string of the molecule is CCCCCCCCCCC(O)NC(=O)c1ccc(C=O)cc1. The second-order valence-electron chi connectivity index (χ2n) is 5.99. The number of carbonyl (C=O) groups excluding carboxylic acids is 2. The number of hydrogen-bond acceptors (Lipinski definition) is 3. The zero-order valence-electron chi connectivity index (χ0n) is 14.1. The molecule has 0 saturated carbocycles. The molecule has 1 unspecified atom stereocenters. The van der Waals surface area contributed by atoms with E-state index in [1.807, 2.05) is 0 Å². The molecule has 0 aromatic heterocycles. The van der Waals surface area contributed by atoms with Crippen molar-refractivity contribution in [2.75, 3.05) is 0 Å². The largest absolute Gasteiger partial charge is 0.374 e. The van der Waals surface area contributed by atoms with Crippen LogP contribution in [0.3, 0.4) is 0 Å². The topological polar surface area (TPSA) is 66.4 Å². The maximum atomic E-state index is 11.9. The Morgan fingerprint density at radius 3 is 2.17 bits per heavy atom. The van der Waals surface area contributed by atoms with Crippen LogP contribution < -0.4 is 5.32 Å². The molecule has 1 amide bonds. The Bertz CT molecular complexity index is 456. The summed E-state index contributed by atoms with van der Waals surface area (Å²) < 4.78 is 0. The van der Waals surface area contributed by atoms with Gasteiger partial charge < -0.3 is 10.4 Å². The molecule has 0 saturated heterocycles. The summed E-state index contributed by atoms with van der Waals surface area (Å²) in [4.78, 5) is 22.5. The molecular formula is C19H29NO3. The van der Waals surface area contributed by atoms with Gasteiger partial charge in [-0.15, -0.1) is 0 Å². The van der Waals surface area contributed by atoms with Crippen LogP contribution in [0.15, 0.2) is 24.3 Å². The average Bonchev–Trinajstić information content (AvgIpc) is 2.57. The van der Waals surface area contributed by atoms with Gasteiger partial charge in [-0.2, -0.15) is 0 Å². The smallest absolute Gasteiger partial charge is 0.253 e. The molecule has 128 valence electrons. The third-order valence-corrected chi connectivity index (χ3v) is 3.94. The van der Waals surface area contributed by atoms with Crippen molar-refractivity contribution >= 4 is 12.2 Å². The number of nitrogens with one attached hydrogen (secondary N) is 1. The van der Waals surface area contributed by atoms with Gasteiger partial charge in [0.2, 0.25) is 0 Å².